The molecule has 0 unspecified atom stereocenters. The molecule has 1 aromatic heterocycles. The van der Waals surface area contributed by atoms with Gasteiger partial charge in [-0.15, -0.1) is 0 Å². The van der Waals surface area contributed by atoms with Gasteiger partial charge >= 0.3 is 4.87 Å². The maximum absolute atomic E-state index is 12.8. The minimum Gasteiger partial charge on any atom is -0.495 e. The van der Waals surface area contributed by atoms with Crippen molar-refractivity contribution in [2.45, 2.75) is 39.7 Å². The summed E-state index contributed by atoms with van der Waals surface area (Å²) >= 11 is 1.09. The van der Waals surface area contributed by atoms with Crippen molar-refractivity contribution in [3.8, 4) is 17.0 Å². The van der Waals surface area contributed by atoms with Crippen LogP contribution < -0.4 is 14.9 Å². The molecule has 0 atom stereocenters. The molecule has 1 N–H and O–H groups in total. The lowest BCUT2D eigenvalue weighted by Crippen LogP contribution is -2.25. The van der Waals surface area contributed by atoms with Gasteiger partial charge in [-0.25, -0.2) is 0 Å². The second-order valence-corrected chi connectivity index (χ2v) is 8.87. The molecule has 0 saturated heterocycles. The van der Waals surface area contributed by atoms with E-state index in [-0.39, 0.29) is 22.7 Å². The molecule has 0 aliphatic heterocycles. The normalized spacial score (nSPS) is 11.3. The number of rotatable bonds is 5. The summed E-state index contributed by atoms with van der Waals surface area (Å²) in [4.78, 5) is 25.0. The Bertz CT molecular complexity index is 1070. The molecule has 0 saturated carbocycles. The first-order chi connectivity index (χ1) is 13.7. The number of aryl methyl sites for hydroxylation is 1. The van der Waals surface area contributed by atoms with Crippen LogP contribution in [0.5, 0.6) is 5.75 Å². The van der Waals surface area contributed by atoms with E-state index in [4.69, 9.17) is 4.74 Å². The molecule has 2 aromatic carbocycles. The fourth-order valence-electron chi connectivity index (χ4n) is 3.04. The molecular formula is C23H26N2O3S. The van der Waals surface area contributed by atoms with Crippen molar-refractivity contribution in [3.63, 3.8) is 0 Å². The minimum atomic E-state index is -0.275. The van der Waals surface area contributed by atoms with Crippen LogP contribution in [-0.4, -0.2) is 17.6 Å². The molecule has 3 rings (SSSR count). The van der Waals surface area contributed by atoms with Crippen molar-refractivity contribution in [3.05, 3.63) is 68.6 Å². The summed E-state index contributed by atoms with van der Waals surface area (Å²) in [5.41, 5.74) is 4.42. The molecule has 6 heteroatoms. The Balaban J connectivity index is 1.86. The predicted octanol–water partition coefficient (Wildman–Crippen LogP) is 4.83. The van der Waals surface area contributed by atoms with E-state index in [1.165, 1.54) is 4.57 Å². The van der Waals surface area contributed by atoms with E-state index in [0.29, 0.717) is 11.4 Å². The zero-order chi connectivity index (χ0) is 21.2. The van der Waals surface area contributed by atoms with Crippen LogP contribution in [0.1, 0.15) is 31.9 Å². The first kappa shape index (κ1) is 20.9. The van der Waals surface area contributed by atoms with E-state index >= 15 is 0 Å². The first-order valence-electron chi connectivity index (χ1n) is 9.43. The van der Waals surface area contributed by atoms with Crippen LogP contribution in [0.15, 0.2) is 52.6 Å². The molecule has 0 spiro atoms. The Morgan fingerprint density at radius 3 is 2.45 bits per heavy atom. The number of nitrogens with one attached hydrogen (secondary N) is 1. The van der Waals surface area contributed by atoms with Crippen LogP contribution in [0.2, 0.25) is 0 Å². The van der Waals surface area contributed by atoms with Gasteiger partial charge in [-0.05, 0) is 35.6 Å². The molecule has 0 radical (unpaired) electrons. The SMILES string of the molecule is COc1ccc(C(C)(C)C)cc1NC(=O)Cn1c(-c2ccc(C)cc2)csc1=O. The number of methoxy groups -OCH3 is 1. The molecule has 0 bridgehead atoms. The van der Waals surface area contributed by atoms with Crippen LogP contribution in [0.4, 0.5) is 5.69 Å². The highest BCUT2D eigenvalue weighted by Crippen LogP contribution is 2.31. The molecule has 29 heavy (non-hydrogen) atoms. The van der Waals surface area contributed by atoms with E-state index in [0.717, 1.165) is 33.7 Å². The van der Waals surface area contributed by atoms with Gasteiger partial charge < -0.3 is 10.1 Å². The molecule has 1 amide bonds. The van der Waals surface area contributed by atoms with Gasteiger partial charge in [-0.3, -0.25) is 14.2 Å². The van der Waals surface area contributed by atoms with Gasteiger partial charge in [0.15, 0.2) is 0 Å². The van der Waals surface area contributed by atoms with Gasteiger partial charge in [0.25, 0.3) is 0 Å². The van der Waals surface area contributed by atoms with Gasteiger partial charge in [0.1, 0.15) is 12.3 Å². The Kier molecular flexibility index (Phi) is 5.94. The topological polar surface area (TPSA) is 60.3 Å². The lowest BCUT2D eigenvalue weighted by atomic mass is 9.87. The smallest absolute Gasteiger partial charge is 0.308 e. The average Bonchev–Trinajstić information content (AvgIpc) is 3.02. The maximum atomic E-state index is 12.8. The number of benzene rings is 2. The number of hydrogen-bond donors (Lipinski definition) is 1. The summed E-state index contributed by atoms with van der Waals surface area (Å²) in [5.74, 6) is 0.311. The molecule has 152 valence electrons. The molecule has 3 aromatic rings. The second kappa shape index (κ2) is 8.25. The minimum absolute atomic E-state index is 0.0609. The van der Waals surface area contributed by atoms with Crippen LogP contribution in [-0.2, 0) is 16.8 Å². The molecule has 0 aliphatic rings. The van der Waals surface area contributed by atoms with Crippen LogP contribution in [0.25, 0.3) is 11.3 Å². The summed E-state index contributed by atoms with van der Waals surface area (Å²) in [6, 6.07) is 13.7. The number of carbonyl (C=O) groups excluding carboxylic acids is 1. The van der Waals surface area contributed by atoms with Crippen molar-refractivity contribution in [1.29, 1.82) is 0 Å². The Labute approximate surface area is 175 Å². The number of ether oxygens (including phenoxy) is 1. The molecule has 1 heterocycles. The predicted molar refractivity (Wildman–Crippen MR) is 119 cm³/mol. The maximum Gasteiger partial charge on any atom is 0.308 e. The van der Waals surface area contributed by atoms with Crippen molar-refractivity contribution in [2.75, 3.05) is 12.4 Å². The number of amides is 1. The number of carbonyl (C=O) groups is 1. The number of thiazole rings is 1. The number of aromatic nitrogens is 1. The third-order valence-corrected chi connectivity index (χ3v) is 5.53. The largest absolute Gasteiger partial charge is 0.495 e. The summed E-state index contributed by atoms with van der Waals surface area (Å²) in [6.07, 6.45) is 0. The van der Waals surface area contributed by atoms with E-state index in [1.54, 1.807) is 12.5 Å². The summed E-state index contributed by atoms with van der Waals surface area (Å²) in [6.45, 7) is 8.28. The molecule has 0 fully saturated rings. The van der Waals surface area contributed by atoms with Crippen LogP contribution in [0.3, 0.4) is 0 Å². The quantitative estimate of drug-likeness (QED) is 0.655. The standard InChI is InChI=1S/C23H26N2O3S/c1-15-6-8-16(9-7-15)19-14-29-22(27)25(19)13-21(26)24-18-12-17(23(2,3)4)10-11-20(18)28-5/h6-12,14H,13H2,1-5H3,(H,24,26). The Hall–Kier alpha value is -2.86. The second-order valence-electron chi connectivity index (χ2n) is 8.05. The number of nitrogens with zero attached hydrogens (tertiary/aromatic N) is 1. The number of anilines is 1. The van der Waals surface area contributed by atoms with Crippen LogP contribution in [0, 0.1) is 6.92 Å². The van der Waals surface area contributed by atoms with E-state index in [9.17, 15) is 9.59 Å². The highest BCUT2D eigenvalue weighted by molar-refractivity contribution is 7.07. The van der Waals surface area contributed by atoms with Crippen molar-refractivity contribution in [2.24, 2.45) is 0 Å². The van der Waals surface area contributed by atoms with E-state index in [2.05, 4.69) is 26.1 Å². The van der Waals surface area contributed by atoms with E-state index in [1.807, 2.05) is 49.4 Å². The van der Waals surface area contributed by atoms with Gasteiger partial charge in [0, 0.05) is 5.38 Å². The lowest BCUT2D eigenvalue weighted by molar-refractivity contribution is -0.116. The third-order valence-electron chi connectivity index (χ3n) is 4.77. The lowest BCUT2D eigenvalue weighted by Gasteiger charge is -2.21. The molecule has 0 aliphatic carbocycles. The third kappa shape index (κ3) is 4.77. The van der Waals surface area contributed by atoms with Crippen molar-refractivity contribution < 1.29 is 9.53 Å². The fraction of sp³-hybridized carbons (Fsp3) is 0.304. The van der Waals surface area contributed by atoms with Gasteiger partial charge in [0.05, 0.1) is 18.5 Å². The summed E-state index contributed by atoms with van der Waals surface area (Å²) in [7, 11) is 1.57. The zero-order valence-corrected chi connectivity index (χ0v) is 18.2. The Morgan fingerprint density at radius 2 is 1.83 bits per heavy atom. The number of hydrogen-bond acceptors (Lipinski definition) is 4. The molecular weight excluding hydrogens is 384 g/mol. The van der Waals surface area contributed by atoms with Gasteiger partial charge in [-0.2, -0.15) is 0 Å². The molecule has 5 nitrogen and oxygen atoms in total. The first-order valence-corrected chi connectivity index (χ1v) is 10.3. The van der Waals surface area contributed by atoms with Crippen LogP contribution >= 0.6 is 11.3 Å². The summed E-state index contributed by atoms with van der Waals surface area (Å²) in [5, 5.41) is 4.70. The van der Waals surface area contributed by atoms with Gasteiger partial charge in [0.2, 0.25) is 5.91 Å². The average molecular weight is 411 g/mol. The summed E-state index contributed by atoms with van der Waals surface area (Å²) < 4.78 is 6.90. The van der Waals surface area contributed by atoms with Gasteiger partial charge in [-0.1, -0.05) is 68.0 Å². The Morgan fingerprint density at radius 1 is 1.14 bits per heavy atom. The zero-order valence-electron chi connectivity index (χ0n) is 17.4. The van der Waals surface area contributed by atoms with Crippen molar-refractivity contribution in [1.82, 2.24) is 4.57 Å². The van der Waals surface area contributed by atoms with Crippen molar-refractivity contribution >= 4 is 22.9 Å². The highest BCUT2D eigenvalue weighted by atomic mass is 32.1. The van der Waals surface area contributed by atoms with E-state index < -0.39 is 0 Å². The highest BCUT2D eigenvalue weighted by Gasteiger charge is 2.18. The monoisotopic (exact) mass is 410 g/mol. The fourth-order valence-corrected chi connectivity index (χ4v) is 3.80.